The maximum Gasteiger partial charge on any atom is 0.312 e. The lowest BCUT2D eigenvalue weighted by Crippen LogP contribution is -2.65. The summed E-state index contributed by atoms with van der Waals surface area (Å²) in [6.45, 7) is 6.38. The van der Waals surface area contributed by atoms with E-state index in [1.807, 2.05) is 6.07 Å². The number of aliphatic hydroxyl groups is 1. The van der Waals surface area contributed by atoms with Gasteiger partial charge >= 0.3 is 5.97 Å². The Labute approximate surface area is 143 Å². The number of hydrogen-bond acceptors (Lipinski definition) is 4. The summed E-state index contributed by atoms with van der Waals surface area (Å²) in [6, 6.07) is 1.97. The molecule has 1 saturated heterocycles. The molecule has 0 aromatic carbocycles. The van der Waals surface area contributed by atoms with Gasteiger partial charge in [-0.2, -0.15) is 0 Å². The molecule has 4 heteroatoms. The Balaban J connectivity index is 1.70. The molecule has 1 aromatic rings. The van der Waals surface area contributed by atoms with Crippen LogP contribution in [0.25, 0.3) is 0 Å². The zero-order valence-corrected chi connectivity index (χ0v) is 14.9. The Hall–Kier alpha value is -1.29. The molecule has 2 saturated carbocycles. The maximum absolute atomic E-state index is 12.6. The Morgan fingerprint density at radius 2 is 2.12 bits per heavy atom. The third-order valence-electron chi connectivity index (χ3n) is 7.63. The highest BCUT2D eigenvalue weighted by molar-refractivity contribution is 5.80. The van der Waals surface area contributed by atoms with Crippen molar-refractivity contribution in [2.75, 3.05) is 0 Å². The topological polar surface area (TPSA) is 59.7 Å². The molecule has 2 heterocycles. The minimum absolute atomic E-state index is 0.0306. The predicted octanol–water partition coefficient (Wildman–Crippen LogP) is 3.72. The first kappa shape index (κ1) is 16.2. The molecule has 0 bridgehead atoms. The molecule has 0 spiro atoms. The normalized spacial score (nSPS) is 47.3. The minimum Gasteiger partial charge on any atom is -0.472 e. The summed E-state index contributed by atoms with van der Waals surface area (Å²) < 4.78 is 11.0. The highest BCUT2D eigenvalue weighted by Crippen LogP contribution is 2.67. The summed E-state index contributed by atoms with van der Waals surface area (Å²) in [7, 11) is 0. The number of rotatable bonds is 3. The third-order valence-corrected chi connectivity index (χ3v) is 7.63. The minimum atomic E-state index is -0.777. The average molecular weight is 332 g/mol. The van der Waals surface area contributed by atoms with Crippen molar-refractivity contribution >= 4 is 5.97 Å². The highest BCUT2D eigenvalue weighted by atomic mass is 16.6. The first-order chi connectivity index (χ1) is 11.3. The van der Waals surface area contributed by atoms with E-state index in [0.29, 0.717) is 6.42 Å². The molecule has 3 fully saturated rings. The van der Waals surface area contributed by atoms with E-state index in [9.17, 15) is 9.90 Å². The van der Waals surface area contributed by atoms with E-state index in [1.54, 1.807) is 12.5 Å². The Kier molecular flexibility index (Phi) is 3.44. The summed E-state index contributed by atoms with van der Waals surface area (Å²) >= 11 is 0. The smallest absolute Gasteiger partial charge is 0.312 e. The molecule has 1 aliphatic heterocycles. The van der Waals surface area contributed by atoms with Gasteiger partial charge in [-0.15, -0.1) is 0 Å². The second kappa shape index (κ2) is 5.10. The van der Waals surface area contributed by atoms with Crippen molar-refractivity contribution in [3.05, 3.63) is 24.2 Å². The van der Waals surface area contributed by atoms with Gasteiger partial charge in [0.25, 0.3) is 0 Å². The fraction of sp³-hybridized carbons (Fsp3) is 0.750. The lowest BCUT2D eigenvalue weighted by Gasteiger charge is -2.61. The third kappa shape index (κ3) is 1.92. The molecule has 0 unspecified atom stereocenters. The van der Waals surface area contributed by atoms with Crippen LogP contribution in [0.5, 0.6) is 0 Å². The van der Waals surface area contributed by atoms with Crippen LogP contribution in [0.2, 0.25) is 0 Å². The van der Waals surface area contributed by atoms with Gasteiger partial charge in [0.1, 0.15) is 6.10 Å². The van der Waals surface area contributed by atoms with Crippen LogP contribution in [0.15, 0.2) is 23.0 Å². The number of carbonyl (C=O) groups is 1. The van der Waals surface area contributed by atoms with Crippen LogP contribution in [0, 0.1) is 22.7 Å². The molecular formula is C20H28O4. The molecule has 3 aliphatic rings. The Bertz CT molecular complexity index is 638. The monoisotopic (exact) mass is 332 g/mol. The fourth-order valence-electron chi connectivity index (χ4n) is 6.30. The van der Waals surface area contributed by atoms with Crippen LogP contribution in [0.4, 0.5) is 0 Å². The second-order valence-electron chi connectivity index (χ2n) is 8.80. The number of aryl methyl sites for hydroxylation is 1. The molecule has 0 radical (unpaired) electrons. The van der Waals surface area contributed by atoms with Crippen molar-refractivity contribution < 1.29 is 19.1 Å². The van der Waals surface area contributed by atoms with Gasteiger partial charge in [-0.1, -0.05) is 20.3 Å². The van der Waals surface area contributed by atoms with Crippen LogP contribution in [-0.2, 0) is 16.0 Å². The molecule has 2 aliphatic carbocycles. The quantitative estimate of drug-likeness (QED) is 0.857. The fourth-order valence-corrected chi connectivity index (χ4v) is 6.30. The second-order valence-corrected chi connectivity index (χ2v) is 8.80. The average Bonchev–Trinajstić information content (AvgIpc) is 3.12. The van der Waals surface area contributed by atoms with Crippen LogP contribution in [-0.4, -0.2) is 22.8 Å². The van der Waals surface area contributed by atoms with Gasteiger partial charge in [0.15, 0.2) is 0 Å². The molecule has 1 N–H and O–H groups in total. The Morgan fingerprint density at radius 3 is 2.83 bits per heavy atom. The first-order valence-electron chi connectivity index (χ1n) is 9.26. The zero-order valence-electron chi connectivity index (χ0n) is 14.9. The van der Waals surface area contributed by atoms with E-state index in [2.05, 4.69) is 20.8 Å². The van der Waals surface area contributed by atoms with Crippen molar-refractivity contribution in [2.24, 2.45) is 22.7 Å². The van der Waals surface area contributed by atoms with Crippen molar-refractivity contribution in [1.29, 1.82) is 0 Å². The van der Waals surface area contributed by atoms with Crippen molar-refractivity contribution in [2.45, 2.75) is 71.0 Å². The SMILES string of the molecule is C[C@@H]1C[C@H]2OC(=O)[C@@]3(C)CCC[C@@](C)([C@H]23)[C@@]1(O)CCc1ccoc1. The van der Waals surface area contributed by atoms with Gasteiger partial charge in [0.05, 0.1) is 23.5 Å². The van der Waals surface area contributed by atoms with Crippen LogP contribution < -0.4 is 0 Å². The zero-order chi connectivity index (χ0) is 17.2. The summed E-state index contributed by atoms with van der Waals surface area (Å²) in [5.74, 6) is 0.190. The van der Waals surface area contributed by atoms with Crippen LogP contribution >= 0.6 is 0 Å². The van der Waals surface area contributed by atoms with E-state index in [1.165, 1.54) is 0 Å². The number of furan rings is 1. The summed E-state index contributed by atoms with van der Waals surface area (Å²) in [5.41, 5.74) is -0.362. The van der Waals surface area contributed by atoms with Gasteiger partial charge in [0, 0.05) is 11.3 Å². The maximum atomic E-state index is 12.6. The number of ether oxygens (including phenoxy) is 1. The number of esters is 1. The van der Waals surface area contributed by atoms with E-state index in [-0.39, 0.29) is 29.3 Å². The first-order valence-corrected chi connectivity index (χ1v) is 9.26. The summed E-state index contributed by atoms with van der Waals surface area (Å²) in [6.07, 6.45) is 8.51. The highest BCUT2D eigenvalue weighted by Gasteiger charge is 2.70. The molecule has 4 rings (SSSR count). The molecule has 4 nitrogen and oxygen atoms in total. The van der Waals surface area contributed by atoms with Gasteiger partial charge in [-0.3, -0.25) is 4.79 Å². The number of carbonyl (C=O) groups excluding carboxylic acids is 1. The summed E-state index contributed by atoms with van der Waals surface area (Å²) in [5, 5.41) is 11.9. The van der Waals surface area contributed by atoms with Crippen LogP contribution in [0.1, 0.15) is 58.4 Å². The van der Waals surface area contributed by atoms with E-state index < -0.39 is 11.0 Å². The van der Waals surface area contributed by atoms with Crippen molar-refractivity contribution in [1.82, 2.24) is 0 Å². The largest absolute Gasteiger partial charge is 0.472 e. The van der Waals surface area contributed by atoms with Gasteiger partial charge < -0.3 is 14.3 Å². The molecular weight excluding hydrogens is 304 g/mol. The van der Waals surface area contributed by atoms with E-state index >= 15 is 0 Å². The van der Waals surface area contributed by atoms with E-state index in [4.69, 9.17) is 9.15 Å². The van der Waals surface area contributed by atoms with Gasteiger partial charge in [0.2, 0.25) is 0 Å². The Morgan fingerprint density at radius 1 is 1.33 bits per heavy atom. The standard InChI is InChI=1S/C20H28O4/c1-13-11-15-16-18(2,17(21)24-15)7-4-8-19(16,3)20(13,22)9-5-14-6-10-23-12-14/h6,10,12-13,15-16,22H,4-5,7-9,11H2,1-3H3/t13-,15-,16-,18+,19+,20-/m1/s1. The lowest BCUT2D eigenvalue weighted by atomic mass is 9.44. The number of hydrogen-bond donors (Lipinski definition) is 1. The molecule has 24 heavy (non-hydrogen) atoms. The molecule has 1 aromatic heterocycles. The van der Waals surface area contributed by atoms with Gasteiger partial charge in [-0.05, 0) is 56.6 Å². The molecule has 6 atom stereocenters. The van der Waals surface area contributed by atoms with Crippen molar-refractivity contribution in [3.8, 4) is 0 Å². The van der Waals surface area contributed by atoms with Crippen molar-refractivity contribution in [3.63, 3.8) is 0 Å². The summed E-state index contributed by atoms with van der Waals surface area (Å²) in [4.78, 5) is 12.6. The predicted molar refractivity (Wildman–Crippen MR) is 89.2 cm³/mol. The molecule has 0 amide bonds. The van der Waals surface area contributed by atoms with Crippen LogP contribution in [0.3, 0.4) is 0 Å². The van der Waals surface area contributed by atoms with E-state index in [0.717, 1.165) is 37.7 Å². The lowest BCUT2D eigenvalue weighted by molar-refractivity contribution is -0.217. The molecule has 132 valence electrons. The van der Waals surface area contributed by atoms with Gasteiger partial charge in [-0.25, -0.2) is 0 Å².